The summed E-state index contributed by atoms with van der Waals surface area (Å²) in [5.41, 5.74) is 0.791. The highest BCUT2D eigenvalue weighted by atomic mass is 19.1. The molecule has 0 aromatic heterocycles. The Bertz CT molecular complexity index is 548. The van der Waals surface area contributed by atoms with E-state index >= 15 is 0 Å². The number of nitrogens with zero attached hydrogens (tertiary/aromatic N) is 1. The van der Waals surface area contributed by atoms with Crippen molar-refractivity contribution in [2.24, 2.45) is 11.3 Å². The smallest absolute Gasteiger partial charge is 0.222 e. The van der Waals surface area contributed by atoms with E-state index in [0.29, 0.717) is 25.5 Å². The van der Waals surface area contributed by atoms with Crippen LogP contribution in [0.1, 0.15) is 24.8 Å². The van der Waals surface area contributed by atoms with Crippen LogP contribution in [0.3, 0.4) is 0 Å². The van der Waals surface area contributed by atoms with Gasteiger partial charge in [-0.25, -0.2) is 4.39 Å². The van der Waals surface area contributed by atoms with Crippen molar-refractivity contribution >= 4 is 5.91 Å². The number of aliphatic hydroxyl groups excluding tert-OH is 1. The van der Waals surface area contributed by atoms with Crippen LogP contribution in [0.25, 0.3) is 0 Å². The molecule has 3 rings (SSSR count). The molecular weight excluding hydrogens is 297 g/mol. The summed E-state index contributed by atoms with van der Waals surface area (Å²) in [6.07, 6.45) is 2.94. The van der Waals surface area contributed by atoms with E-state index in [0.717, 1.165) is 38.0 Å². The zero-order chi connectivity index (χ0) is 16.3. The van der Waals surface area contributed by atoms with E-state index in [-0.39, 0.29) is 23.7 Å². The highest BCUT2D eigenvalue weighted by Crippen LogP contribution is 2.41. The molecule has 0 unspecified atom stereocenters. The van der Waals surface area contributed by atoms with Crippen molar-refractivity contribution in [3.05, 3.63) is 35.6 Å². The number of carbonyl (C=O) groups excluding carboxylic acids is 1. The van der Waals surface area contributed by atoms with Gasteiger partial charge in [0.05, 0.1) is 13.2 Å². The summed E-state index contributed by atoms with van der Waals surface area (Å²) in [6, 6.07) is 6.44. The Morgan fingerprint density at radius 1 is 1.39 bits per heavy atom. The van der Waals surface area contributed by atoms with E-state index in [1.807, 2.05) is 4.90 Å². The molecule has 2 heterocycles. The predicted molar refractivity (Wildman–Crippen MR) is 84.4 cm³/mol. The van der Waals surface area contributed by atoms with Crippen molar-refractivity contribution in [1.82, 2.24) is 4.90 Å². The minimum absolute atomic E-state index is 0.0804. The van der Waals surface area contributed by atoms with E-state index in [1.165, 1.54) is 12.1 Å². The molecule has 2 atom stereocenters. The minimum Gasteiger partial charge on any atom is -0.396 e. The number of halogens is 1. The third-order valence-corrected chi connectivity index (χ3v) is 5.25. The van der Waals surface area contributed by atoms with E-state index < -0.39 is 0 Å². The van der Waals surface area contributed by atoms with E-state index in [9.17, 15) is 14.3 Å². The molecule has 1 aromatic rings. The van der Waals surface area contributed by atoms with Crippen LogP contribution < -0.4 is 0 Å². The number of rotatable bonds is 5. The van der Waals surface area contributed by atoms with Gasteiger partial charge in [0.25, 0.3) is 0 Å². The van der Waals surface area contributed by atoms with Gasteiger partial charge in [-0.3, -0.25) is 4.79 Å². The topological polar surface area (TPSA) is 49.8 Å². The third kappa shape index (κ3) is 3.56. The third-order valence-electron chi connectivity index (χ3n) is 5.25. The SMILES string of the molecule is O=C(CCCc1ccc(F)cc1)N1C[C@@H]2CCOC[C@]2(CO)C1. The molecule has 5 heteroatoms. The number of likely N-dealkylation sites (tertiary alicyclic amines) is 1. The number of carbonyl (C=O) groups is 1. The number of amides is 1. The molecule has 1 N–H and O–H groups in total. The standard InChI is InChI=1S/C18H24FNO3/c19-16-6-4-14(5-7-16)2-1-3-17(22)20-10-15-8-9-23-13-18(15,11-20)12-21/h4-7,15,21H,1-3,8-13H2/t15-,18+/m0/s1. The zero-order valence-corrected chi connectivity index (χ0v) is 13.3. The molecule has 23 heavy (non-hydrogen) atoms. The maximum Gasteiger partial charge on any atom is 0.222 e. The average Bonchev–Trinajstić information content (AvgIpc) is 2.97. The Balaban J connectivity index is 1.50. The second-order valence-electron chi connectivity index (χ2n) is 6.81. The molecule has 2 aliphatic heterocycles. The number of fused-ring (bicyclic) bond motifs is 1. The highest BCUT2D eigenvalue weighted by Gasteiger charge is 2.49. The minimum atomic E-state index is -0.259. The molecule has 0 aliphatic carbocycles. The molecule has 0 saturated carbocycles. The second kappa shape index (κ2) is 6.97. The zero-order valence-electron chi connectivity index (χ0n) is 13.3. The summed E-state index contributed by atoms with van der Waals surface area (Å²) in [4.78, 5) is 14.3. The first-order valence-corrected chi connectivity index (χ1v) is 8.34. The number of hydrogen-bond donors (Lipinski definition) is 1. The van der Waals surface area contributed by atoms with Gasteiger partial charge in [-0.15, -0.1) is 0 Å². The van der Waals surface area contributed by atoms with Gasteiger partial charge >= 0.3 is 0 Å². The molecular formula is C18H24FNO3. The van der Waals surface area contributed by atoms with Crippen LogP contribution in [0.5, 0.6) is 0 Å². The fourth-order valence-corrected chi connectivity index (χ4v) is 3.76. The largest absolute Gasteiger partial charge is 0.396 e. The van der Waals surface area contributed by atoms with Crippen LogP contribution in [0.4, 0.5) is 4.39 Å². The first-order valence-electron chi connectivity index (χ1n) is 8.34. The first-order chi connectivity index (χ1) is 11.1. The van der Waals surface area contributed by atoms with Crippen LogP contribution in [-0.4, -0.2) is 48.8 Å². The molecule has 0 bridgehead atoms. The maximum absolute atomic E-state index is 12.9. The van der Waals surface area contributed by atoms with Crippen LogP contribution in [0.2, 0.25) is 0 Å². The van der Waals surface area contributed by atoms with E-state index in [2.05, 4.69) is 0 Å². The summed E-state index contributed by atoms with van der Waals surface area (Å²) in [7, 11) is 0. The molecule has 1 amide bonds. The van der Waals surface area contributed by atoms with Gasteiger partial charge in [0, 0.05) is 31.5 Å². The normalized spacial score (nSPS) is 27.0. The molecule has 2 fully saturated rings. The molecule has 2 aliphatic rings. The molecule has 0 spiro atoms. The van der Waals surface area contributed by atoms with Crippen molar-refractivity contribution in [2.45, 2.75) is 25.7 Å². The summed E-state index contributed by atoms with van der Waals surface area (Å²) in [6.45, 7) is 2.69. The van der Waals surface area contributed by atoms with Gasteiger partial charge < -0.3 is 14.7 Å². The Hall–Kier alpha value is -1.46. The molecule has 0 radical (unpaired) electrons. The lowest BCUT2D eigenvalue weighted by Crippen LogP contribution is -2.43. The quantitative estimate of drug-likeness (QED) is 0.902. The van der Waals surface area contributed by atoms with Crippen LogP contribution >= 0.6 is 0 Å². The lowest BCUT2D eigenvalue weighted by atomic mass is 9.76. The van der Waals surface area contributed by atoms with Crippen LogP contribution in [0.15, 0.2) is 24.3 Å². The van der Waals surface area contributed by atoms with Crippen molar-refractivity contribution in [3.8, 4) is 0 Å². The van der Waals surface area contributed by atoms with Gasteiger partial charge in [-0.05, 0) is 42.9 Å². The Labute approximate surface area is 136 Å². The van der Waals surface area contributed by atoms with Gasteiger partial charge in [-0.2, -0.15) is 0 Å². The molecule has 126 valence electrons. The fourth-order valence-electron chi connectivity index (χ4n) is 3.76. The summed E-state index contributed by atoms with van der Waals surface area (Å²) in [5, 5.41) is 9.75. The van der Waals surface area contributed by atoms with E-state index in [4.69, 9.17) is 4.74 Å². The number of aryl methyl sites for hydroxylation is 1. The predicted octanol–water partition coefficient (Wildman–Crippen LogP) is 2.01. The molecule has 2 saturated heterocycles. The number of benzene rings is 1. The Morgan fingerprint density at radius 3 is 2.87 bits per heavy atom. The maximum atomic E-state index is 12.9. The lowest BCUT2D eigenvalue weighted by molar-refractivity contribution is -0.131. The van der Waals surface area contributed by atoms with Gasteiger partial charge in [-0.1, -0.05) is 12.1 Å². The summed E-state index contributed by atoms with van der Waals surface area (Å²) in [5.74, 6) is 0.262. The molecule has 1 aromatic carbocycles. The Kier molecular flexibility index (Phi) is 4.97. The van der Waals surface area contributed by atoms with Crippen molar-refractivity contribution in [2.75, 3.05) is 32.9 Å². The average molecular weight is 321 g/mol. The van der Waals surface area contributed by atoms with Gasteiger partial charge in [0.2, 0.25) is 5.91 Å². The van der Waals surface area contributed by atoms with Crippen LogP contribution in [0, 0.1) is 17.2 Å². The Morgan fingerprint density at radius 2 is 2.17 bits per heavy atom. The number of aliphatic hydroxyl groups is 1. The van der Waals surface area contributed by atoms with Gasteiger partial charge in [0.1, 0.15) is 5.82 Å². The monoisotopic (exact) mass is 321 g/mol. The van der Waals surface area contributed by atoms with Crippen molar-refractivity contribution in [1.29, 1.82) is 0 Å². The highest BCUT2D eigenvalue weighted by molar-refractivity contribution is 5.76. The fraction of sp³-hybridized carbons (Fsp3) is 0.611. The summed E-state index contributed by atoms with van der Waals surface area (Å²) >= 11 is 0. The summed E-state index contributed by atoms with van der Waals surface area (Å²) < 4.78 is 18.4. The number of ether oxygens (including phenoxy) is 1. The first kappa shape index (κ1) is 16.4. The molecule has 4 nitrogen and oxygen atoms in total. The van der Waals surface area contributed by atoms with Crippen molar-refractivity contribution in [3.63, 3.8) is 0 Å². The number of hydrogen-bond acceptors (Lipinski definition) is 3. The van der Waals surface area contributed by atoms with Crippen LogP contribution in [-0.2, 0) is 16.0 Å². The van der Waals surface area contributed by atoms with Gasteiger partial charge in [0.15, 0.2) is 0 Å². The van der Waals surface area contributed by atoms with Crippen molar-refractivity contribution < 1.29 is 19.0 Å². The lowest BCUT2D eigenvalue weighted by Gasteiger charge is -2.36. The van der Waals surface area contributed by atoms with E-state index in [1.54, 1.807) is 12.1 Å². The second-order valence-corrected chi connectivity index (χ2v) is 6.81.